The lowest BCUT2D eigenvalue weighted by Crippen LogP contribution is -2.18. The maximum atomic E-state index is 10.9. The van der Waals surface area contributed by atoms with Gasteiger partial charge in [-0.25, -0.2) is 10.2 Å². The Morgan fingerprint density at radius 3 is 2.53 bits per heavy atom. The van der Waals surface area contributed by atoms with Gasteiger partial charge in [-0.1, -0.05) is 0 Å². The van der Waals surface area contributed by atoms with Crippen LogP contribution in [0.2, 0.25) is 0 Å². The second-order valence-corrected chi connectivity index (χ2v) is 5.02. The van der Waals surface area contributed by atoms with E-state index in [9.17, 15) is 13.2 Å². The van der Waals surface area contributed by atoms with Gasteiger partial charge >= 0.3 is 16.2 Å². The fourth-order valence-corrected chi connectivity index (χ4v) is 1.57. The summed E-state index contributed by atoms with van der Waals surface area (Å²) in [6, 6.07) is 6.15. The summed E-state index contributed by atoms with van der Waals surface area (Å²) in [6.07, 6.45) is 1.71. The van der Waals surface area contributed by atoms with E-state index < -0.39 is 16.2 Å². The molecule has 1 amide bonds. The van der Waals surface area contributed by atoms with Crippen LogP contribution in [0.3, 0.4) is 0 Å². The van der Waals surface area contributed by atoms with Crippen molar-refractivity contribution in [3.8, 4) is 5.75 Å². The highest BCUT2D eigenvalue weighted by Gasteiger charge is 2.03. The van der Waals surface area contributed by atoms with E-state index in [2.05, 4.69) is 19.4 Å². The minimum atomic E-state index is -3.53. The number of amides is 1. The lowest BCUT2D eigenvalue weighted by atomic mass is 10.2. The van der Waals surface area contributed by atoms with Crippen LogP contribution in [0.4, 0.5) is 4.79 Å². The summed E-state index contributed by atoms with van der Waals surface area (Å²) in [4.78, 5) is 10.9. The third-order valence-electron chi connectivity index (χ3n) is 1.77. The van der Waals surface area contributed by atoms with Gasteiger partial charge in [0.1, 0.15) is 5.75 Å². The highest BCUT2D eigenvalue weighted by atomic mass is 32.2. The number of rotatable bonds is 5. The van der Waals surface area contributed by atoms with Crippen molar-refractivity contribution in [2.45, 2.75) is 6.92 Å². The second kappa shape index (κ2) is 6.74. The van der Waals surface area contributed by atoms with Crippen LogP contribution in [0, 0.1) is 0 Å². The molecule has 104 valence electrons. The smallest absolute Gasteiger partial charge is 0.427 e. The Morgan fingerprint density at radius 1 is 1.37 bits per heavy atom. The number of benzene rings is 1. The molecule has 0 spiro atoms. The van der Waals surface area contributed by atoms with E-state index in [-0.39, 0.29) is 12.4 Å². The van der Waals surface area contributed by atoms with Crippen molar-refractivity contribution in [2.75, 3.05) is 12.9 Å². The summed E-state index contributed by atoms with van der Waals surface area (Å²) in [5.74, 6) is 0.206. The van der Waals surface area contributed by atoms with E-state index in [1.807, 2.05) is 0 Å². The molecule has 0 aliphatic rings. The number of nitrogens with one attached hydrogen (secondary N) is 1. The van der Waals surface area contributed by atoms with Crippen molar-refractivity contribution in [1.82, 2.24) is 5.43 Å². The molecule has 0 aromatic heterocycles. The Labute approximate surface area is 111 Å². The first-order chi connectivity index (χ1) is 8.90. The zero-order valence-electron chi connectivity index (χ0n) is 10.5. The van der Waals surface area contributed by atoms with Crippen molar-refractivity contribution >= 4 is 22.4 Å². The molecular formula is C11H14N2O5S. The summed E-state index contributed by atoms with van der Waals surface area (Å²) >= 11 is 0. The van der Waals surface area contributed by atoms with Gasteiger partial charge < -0.3 is 8.92 Å². The third-order valence-corrected chi connectivity index (χ3v) is 2.27. The SMILES string of the molecule is CCOC(=O)N/N=C/c1ccc(OS(C)(=O)=O)cc1. The van der Waals surface area contributed by atoms with E-state index in [0.717, 1.165) is 6.26 Å². The van der Waals surface area contributed by atoms with E-state index in [4.69, 9.17) is 0 Å². The number of carbonyl (C=O) groups is 1. The van der Waals surface area contributed by atoms with Crippen LogP contribution in [-0.2, 0) is 14.9 Å². The predicted molar refractivity (Wildman–Crippen MR) is 69.7 cm³/mol. The van der Waals surface area contributed by atoms with Crippen molar-refractivity contribution in [3.05, 3.63) is 29.8 Å². The van der Waals surface area contributed by atoms with Crippen LogP contribution in [0.1, 0.15) is 12.5 Å². The first kappa shape index (κ1) is 15.0. The Kier molecular flexibility index (Phi) is 5.31. The van der Waals surface area contributed by atoms with Gasteiger partial charge in [0.25, 0.3) is 0 Å². The maximum Gasteiger partial charge on any atom is 0.427 e. The van der Waals surface area contributed by atoms with Crippen LogP contribution in [0.25, 0.3) is 0 Å². The molecule has 0 unspecified atom stereocenters. The van der Waals surface area contributed by atoms with Gasteiger partial charge in [-0.15, -0.1) is 0 Å². The molecule has 0 radical (unpaired) electrons. The molecule has 0 fully saturated rings. The van der Waals surface area contributed by atoms with Gasteiger partial charge in [0.15, 0.2) is 0 Å². The molecular weight excluding hydrogens is 272 g/mol. The van der Waals surface area contributed by atoms with Crippen LogP contribution in [0.5, 0.6) is 5.75 Å². The van der Waals surface area contributed by atoms with Crippen molar-refractivity contribution in [2.24, 2.45) is 5.10 Å². The summed E-state index contributed by atoms with van der Waals surface area (Å²) in [7, 11) is -3.53. The molecule has 1 aromatic carbocycles. The molecule has 1 N–H and O–H groups in total. The fraction of sp³-hybridized carbons (Fsp3) is 0.273. The Balaban J connectivity index is 2.57. The minimum absolute atomic E-state index is 0.206. The monoisotopic (exact) mass is 286 g/mol. The average Bonchev–Trinajstić information content (AvgIpc) is 2.30. The summed E-state index contributed by atoms with van der Waals surface area (Å²) < 4.78 is 31.0. The van der Waals surface area contributed by atoms with Gasteiger partial charge in [-0.3, -0.25) is 0 Å². The quantitative estimate of drug-likeness (QED) is 0.497. The highest BCUT2D eigenvalue weighted by molar-refractivity contribution is 7.86. The van der Waals surface area contributed by atoms with E-state index in [1.54, 1.807) is 19.1 Å². The summed E-state index contributed by atoms with van der Waals surface area (Å²) in [6.45, 7) is 1.95. The lowest BCUT2D eigenvalue weighted by molar-refractivity contribution is 0.152. The number of nitrogens with zero attached hydrogens (tertiary/aromatic N) is 1. The third kappa shape index (κ3) is 6.41. The molecule has 7 nitrogen and oxygen atoms in total. The normalized spacial score (nSPS) is 11.3. The molecule has 0 aliphatic heterocycles. The standard InChI is InChI=1S/C11H14N2O5S/c1-3-17-11(14)13-12-8-9-4-6-10(7-5-9)18-19(2,15)16/h4-8H,3H2,1-2H3,(H,13,14)/b12-8+. The number of carbonyl (C=O) groups excluding carboxylic acids is 1. The largest absolute Gasteiger partial charge is 0.449 e. The highest BCUT2D eigenvalue weighted by Crippen LogP contribution is 2.12. The zero-order chi connectivity index (χ0) is 14.3. The van der Waals surface area contributed by atoms with Crippen molar-refractivity contribution in [3.63, 3.8) is 0 Å². The van der Waals surface area contributed by atoms with Crippen LogP contribution in [-0.4, -0.2) is 33.6 Å². The summed E-state index contributed by atoms with van der Waals surface area (Å²) in [5, 5.41) is 3.66. The Hall–Kier alpha value is -2.09. The number of hydrazone groups is 1. The number of ether oxygens (including phenoxy) is 1. The average molecular weight is 286 g/mol. The Morgan fingerprint density at radius 2 is 2.00 bits per heavy atom. The Bertz CT molecular complexity index is 551. The molecule has 0 saturated heterocycles. The first-order valence-corrected chi connectivity index (χ1v) is 7.17. The summed E-state index contributed by atoms with van der Waals surface area (Å²) in [5.41, 5.74) is 2.83. The van der Waals surface area contributed by atoms with Crippen molar-refractivity contribution in [1.29, 1.82) is 0 Å². The molecule has 0 heterocycles. The molecule has 0 bridgehead atoms. The molecule has 0 aliphatic carbocycles. The fourth-order valence-electron chi connectivity index (χ4n) is 1.11. The van der Waals surface area contributed by atoms with Gasteiger partial charge in [0.05, 0.1) is 19.1 Å². The van der Waals surface area contributed by atoms with Gasteiger partial charge in [0.2, 0.25) is 0 Å². The van der Waals surface area contributed by atoms with Gasteiger partial charge in [0, 0.05) is 0 Å². The van der Waals surface area contributed by atoms with Gasteiger partial charge in [-0.05, 0) is 36.8 Å². The molecule has 1 rings (SSSR count). The second-order valence-electron chi connectivity index (χ2n) is 3.45. The first-order valence-electron chi connectivity index (χ1n) is 5.36. The van der Waals surface area contributed by atoms with Crippen LogP contribution >= 0.6 is 0 Å². The minimum Gasteiger partial charge on any atom is -0.449 e. The number of hydrogen-bond acceptors (Lipinski definition) is 6. The van der Waals surface area contributed by atoms with Crippen LogP contribution < -0.4 is 9.61 Å². The molecule has 8 heteroatoms. The maximum absolute atomic E-state index is 10.9. The van der Waals surface area contributed by atoms with E-state index in [1.165, 1.54) is 18.3 Å². The molecule has 0 atom stereocenters. The van der Waals surface area contributed by atoms with E-state index >= 15 is 0 Å². The van der Waals surface area contributed by atoms with Gasteiger partial charge in [-0.2, -0.15) is 13.5 Å². The number of hydrogen-bond donors (Lipinski definition) is 1. The lowest BCUT2D eigenvalue weighted by Gasteiger charge is -2.02. The molecule has 1 aromatic rings. The zero-order valence-corrected chi connectivity index (χ0v) is 11.3. The van der Waals surface area contributed by atoms with E-state index in [0.29, 0.717) is 5.56 Å². The predicted octanol–water partition coefficient (Wildman–Crippen LogP) is 1.10. The van der Waals surface area contributed by atoms with Crippen LogP contribution in [0.15, 0.2) is 29.4 Å². The topological polar surface area (TPSA) is 94.1 Å². The molecule has 0 saturated carbocycles. The molecule has 19 heavy (non-hydrogen) atoms. The van der Waals surface area contributed by atoms with Crippen molar-refractivity contribution < 1.29 is 22.1 Å².